The molecule has 0 aliphatic carbocycles. The Hall–Kier alpha value is -1.76. The quantitative estimate of drug-likeness (QED) is 0.645. The largest absolute Gasteiger partial charge is 0.398 e. The third-order valence-electron chi connectivity index (χ3n) is 2.07. The summed E-state index contributed by atoms with van der Waals surface area (Å²) >= 11 is 0. The molecule has 0 atom stereocenters. The predicted octanol–water partition coefficient (Wildman–Crippen LogP) is 0.243. The van der Waals surface area contributed by atoms with Crippen molar-refractivity contribution in [3.63, 3.8) is 0 Å². The van der Waals surface area contributed by atoms with E-state index in [4.69, 9.17) is 11.5 Å². The summed E-state index contributed by atoms with van der Waals surface area (Å²) in [6.45, 7) is 3.27. The van der Waals surface area contributed by atoms with Gasteiger partial charge in [0.2, 0.25) is 0 Å². The second kappa shape index (κ2) is 4.01. The second-order valence-electron chi connectivity index (χ2n) is 3.45. The smallest absolute Gasteiger partial charge is 0.326 e. The molecule has 5 N–H and O–H groups in total. The fraction of sp³-hybridized carbons (Fsp3) is 0.222. The van der Waals surface area contributed by atoms with E-state index in [9.17, 15) is 13.2 Å². The summed E-state index contributed by atoms with van der Waals surface area (Å²) in [6, 6.07) is 1.95. The van der Waals surface area contributed by atoms with Crippen molar-refractivity contribution in [1.82, 2.24) is 4.72 Å². The fourth-order valence-corrected chi connectivity index (χ4v) is 2.56. The minimum atomic E-state index is -3.94. The number of aryl methyl sites for hydroxylation is 1. The zero-order chi connectivity index (χ0) is 12.5. The Balaban J connectivity index is 3.39. The lowest BCUT2D eigenvalue weighted by molar-refractivity contribution is 0.253. The molecule has 0 heterocycles. The number of nitrogens with two attached hydrogens (primary N) is 2. The van der Waals surface area contributed by atoms with Gasteiger partial charge in [0.15, 0.2) is 0 Å². The Morgan fingerprint density at radius 1 is 1.31 bits per heavy atom. The second-order valence-corrected chi connectivity index (χ2v) is 5.10. The van der Waals surface area contributed by atoms with Crippen LogP contribution >= 0.6 is 0 Å². The van der Waals surface area contributed by atoms with E-state index in [1.807, 2.05) is 0 Å². The van der Waals surface area contributed by atoms with Gasteiger partial charge in [0, 0.05) is 5.69 Å². The van der Waals surface area contributed by atoms with Gasteiger partial charge in [0.05, 0.1) is 4.90 Å². The van der Waals surface area contributed by atoms with Crippen LogP contribution in [0.3, 0.4) is 0 Å². The molecule has 0 saturated carbocycles. The monoisotopic (exact) mass is 243 g/mol. The summed E-state index contributed by atoms with van der Waals surface area (Å²) in [6.07, 6.45) is 0. The number of sulfonamides is 1. The van der Waals surface area contributed by atoms with Crippen molar-refractivity contribution in [1.29, 1.82) is 0 Å². The zero-order valence-corrected chi connectivity index (χ0v) is 9.76. The number of benzene rings is 1. The number of urea groups is 1. The Kier molecular flexibility index (Phi) is 3.09. The van der Waals surface area contributed by atoms with Crippen molar-refractivity contribution in [3.05, 3.63) is 23.3 Å². The molecule has 0 aromatic heterocycles. The molecule has 1 aromatic carbocycles. The van der Waals surface area contributed by atoms with E-state index in [0.717, 1.165) is 0 Å². The van der Waals surface area contributed by atoms with Crippen molar-refractivity contribution < 1.29 is 13.2 Å². The molecule has 0 spiro atoms. The topological polar surface area (TPSA) is 115 Å². The molecule has 0 aliphatic rings. The SMILES string of the molecule is Cc1cc(N)c(C)c(S(=O)(=O)NC(N)=O)c1. The van der Waals surface area contributed by atoms with Gasteiger partial charge in [-0.2, -0.15) is 0 Å². The number of carbonyl (C=O) groups excluding carboxylic acids is 1. The lowest BCUT2D eigenvalue weighted by Gasteiger charge is -2.10. The minimum Gasteiger partial charge on any atom is -0.398 e. The fourth-order valence-electron chi connectivity index (χ4n) is 1.32. The van der Waals surface area contributed by atoms with Crippen molar-refractivity contribution in [2.24, 2.45) is 5.73 Å². The van der Waals surface area contributed by atoms with Crippen LogP contribution in [0.4, 0.5) is 10.5 Å². The maximum atomic E-state index is 11.7. The Morgan fingerprint density at radius 2 is 1.88 bits per heavy atom. The van der Waals surface area contributed by atoms with Crippen LogP contribution in [-0.2, 0) is 10.0 Å². The molecule has 0 bridgehead atoms. The first kappa shape index (κ1) is 12.3. The zero-order valence-electron chi connectivity index (χ0n) is 8.94. The van der Waals surface area contributed by atoms with Crippen molar-refractivity contribution in [2.75, 3.05) is 5.73 Å². The highest BCUT2D eigenvalue weighted by atomic mass is 32.2. The van der Waals surface area contributed by atoms with E-state index in [-0.39, 0.29) is 4.90 Å². The van der Waals surface area contributed by atoms with E-state index in [2.05, 4.69) is 0 Å². The molecule has 0 radical (unpaired) electrons. The van der Waals surface area contributed by atoms with Gasteiger partial charge in [-0.05, 0) is 37.1 Å². The van der Waals surface area contributed by atoms with Crippen LogP contribution in [-0.4, -0.2) is 14.4 Å². The van der Waals surface area contributed by atoms with Gasteiger partial charge >= 0.3 is 6.03 Å². The van der Waals surface area contributed by atoms with Gasteiger partial charge in [-0.1, -0.05) is 0 Å². The molecule has 0 aliphatic heterocycles. The van der Waals surface area contributed by atoms with Gasteiger partial charge in [0.25, 0.3) is 10.0 Å². The van der Waals surface area contributed by atoms with E-state index in [0.29, 0.717) is 16.8 Å². The maximum Gasteiger partial charge on any atom is 0.326 e. The number of carbonyl (C=O) groups is 1. The molecule has 6 nitrogen and oxygen atoms in total. The summed E-state index contributed by atoms with van der Waals surface area (Å²) < 4.78 is 25.1. The first-order chi connectivity index (χ1) is 7.24. The average molecular weight is 243 g/mol. The normalized spacial score (nSPS) is 11.1. The van der Waals surface area contributed by atoms with E-state index in [1.165, 1.54) is 6.07 Å². The molecule has 0 fully saturated rings. The summed E-state index contributed by atoms with van der Waals surface area (Å²) in [5.74, 6) is 0. The van der Waals surface area contributed by atoms with Gasteiger partial charge < -0.3 is 11.5 Å². The number of nitrogen functional groups attached to an aromatic ring is 1. The minimum absolute atomic E-state index is 0.0381. The first-order valence-electron chi connectivity index (χ1n) is 4.43. The van der Waals surface area contributed by atoms with Crippen molar-refractivity contribution in [2.45, 2.75) is 18.7 Å². The number of hydrogen-bond donors (Lipinski definition) is 3. The van der Waals surface area contributed by atoms with Crippen LogP contribution < -0.4 is 16.2 Å². The van der Waals surface area contributed by atoms with E-state index in [1.54, 1.807) is 24.6 Å². The number of nitrogens with one attached hydrogen (secondary N) is 1. The lowest BCUT2D eigenvalue weighted by Crippen LogP contribution is -2.35. The maximum absolute atomic E-state index is 11.7. The summed E-state index contributed by atoms with van der Waals surface area (Å²) in [5.41, 5.74) is 11.9. The molecule has 88 valence electrons. The standard InChI is InChI=1S/C9H13N3O3S/c1-5-3-7(10)6(2)8(4-5)16(14,15)12-9(11)13/h3-4H,10H2,1-2H3,(H3,11,12,13). The number of hydrogen-bond acceptors (Lipinski definition) is 4. The molecule has 0 unspecified atom stereocenters. The van der Waals surface area contributed by atoms with Crippen LogP contribution in [0.1, 0.15) is 11.1 Å². The third kappa shape index (κ3) is 2.43. The highest BCUT2D eigenvalue weighted by molar-refractivity contribution is 7.90. The summed E-state index contributed by atoms with van der Waals surface area (Å²) in [5, 5.41) is 0. The third-order valence-corrected chi connectivity index (χ3v) is 3.54. The van der Waals surface area contributed by atoms with Gasteiger partial charge in [-0.3, -0.25) is 0 Å². The van der Waals surface area contributed by atoms with Crippen LogP contribution in [0, 0.1) is 13.8 Å². The molecule has 1 aromatic rings. The molecule has 2 amide bonds. The number of anilines is 1. The highest BCUT2D eigenvalue weighted by Gasteiger charge is 2.19. The Bertz CT molecular complexity index is 537. The predicted molar refractivity (Wildman–Crippen MR) is 60.2 cm³/mol. The first-order valence-corrected chi connectivity index (χ1v) is 5.91. The van der Waals surface area contributed by atoms with Crippen LogP contribution in [0.25, 0.3) is 0 Å². The van der Waals surface area contributed by atoms with Crippen molar-refractivity contribution in [3.8, 4) is 0 Å². The van der Waals surface area contributed by atoms with Gasteiger partial charge in [-0.15, -0.1) is 0 Å². The number of amides is 2. The van der Waals surface area contributed by atoms with Crippen LogP contribution in [0.2, 0.25) is 0 Å². The molecular formula is C9H13N3O3S. The van der Waals surface area contributed by atoms with Gasteiger partial charge in [-0.25, -0.2) is 17.9 Å². The van der Waals surface area contributed by atoms with Crippen molar-refractivity contribution >= 4 is 21.7 Å². The Morgan fingerprint density at radius 3 is 2.38 bits per heavy atom. The lowest BCUT2D eigenvalue weighted by atomic mass is 10.1. The van der Waals surface area contributed by atoms with E-state index >= 15 is 0 Å². The molecular weight excluding hydrogens is 230 g/mol. The van der Waals surface area contributed by atoms with Gasteiger partial charge in [0.1, 0.15) is 0 Å². The molecule has 7 heteroatoms. The van der Waals surface area contributed by atoms with E-state index < -0.39 is 16.1 Å². The average Bonchev–Trinajstić information content (AvgIpc) is 2.08. The number of primary amides is 1. The molecule has 0 saturated heterocycles. The molecule has 16 heavy (non-hydrogen) atoms. The van der Waals surface area contributed by atoms with Crippen LogP contribution in [0.15, 0.2) is 17.0 Å². The molecule has 1 rings (SSSR count). The summed E-state index contributed by atoms with van der Waals surface area (Å²) in [4.78, 5) is 10.5. The van der Waals surface area contributed by atoms with Crippen LogP contribution in [0.5, 0.6) is 0 Å². The number of rotatable bonds is 2. The Labute approximate surface area is 93.7 Å². The highest BCUT2D eigenvalue weighted by Crippen LogP contribution is 2.22. The summed E-state index contributed by atoms with van der Waals surface area (Å²) in [7, 11) is -3.94.